The molecule has 0 bridgehead atoms. The molecule has 0 aliphatic heterocycles. The second-order valence-electron chi connectivity index (χ2n) is 12.3. The smallest absolute Gasteiger partial charge is 0.127 e. The maximum absolute atomic E-state index is 15.0. The highest BCUT2D eigenvalue weighted by atomic mass is 19.1. The van der Waals surface area contributed by atoms with Crippen LogP contribution in [0.4, 0.5) is 4.39 Å². The summed E-state index contributed by atoms with van der Waals surface area (Å²) in [7, 11) is 0. The van der Waals surface area contributed by atoms with Gasteiger partial charge in [0.25, 0.3) is 0 Å². The maximum Gasteiger partial charge on any atom is 0.127 e. The molecule has 2 rings (SSSR count). The van der Waals surface area contributed by atoms with Gasteiger partial charge in [0.2, 0.25) is 0 Å². The molecule has 0 aliphatic rings. The molecule has 1 nitrogen and oxygen atoms in total. The molecule has 0 atom stereocenters. The molecule has 2 aromatic rings. The molecule has 168 valence electrons. The lowest BCUT2D eigenvalue weighted by molar-refractivity contribution is 0.365. The van der Waals surface area contributed by atoms with Crippen LogP contribution in [0.25, 0.3) is 0 Å². The number of hydrogen-bond donors (Lipinski definition) is 0. The van der Waals surface area contributed by atoms with E-state index in [-0.39, 0.29) is 27.5 Å². The van der Waals surface area contributed by atoms with Gasteiger partial charge < -0.3 is 0 Å². The molecule has 2 heteroatoms. The van der Waals surface area contributed by atoms with Gasteiger partial charge in [0.1, 0.15) is 5.82 Å². The van der Waals surface area contributed by atoms with E-state index in [4.69, 9.17) is 0 Å². The van der Waals surface area contributed by atoms with Crippen molar-refractivity contribution in [3.63, 3.8) is 0 Å². The van der Waals surface area contributed by atoms with Gasteiger partial charge >= 0.3 is 0 Å². The van der Waals surface area contributed by atoms with Gasteiger partial charge in [-0.05, 0) is 68.9 Å². The van der Waals surface area contributed by atoms with Gasteiger partial charge in [0, 0.05) is 0 Å². The number of nitriles is 1. The van der Waals surface area contributed by atoms with Gasteiger partial charge in [-0.1, -0.05) is 93.5 Å². The van der Waals surface area contributed by atoms with Gasteiger partial charge in [-0.2, -0.15) is 5.26 Å². The summed E-state index contributed by atoms with van der Waals surface area (Å²) in [4.78, 5) is 0. The van der Waals surface area contributed by atoms with Crippen LogP contribution >= 0.6 is 0 Å². The predicted molar refractivity (Wildman–Crippen MR) is 130 cm³/mol. The minimum absolute atomic E-state index is 0.0630. The zero-order valence-electron chi connectivity index (χ0n) is 21.2. The van der Waals surface area contributed by atoms with E-state index in [2.05, 4.69) is 93.5 Å². The van der Waals surface area contributed by atoms with Crippen LogP contribution in [0.3, 0.4) is 0 Å². The van der Waals surface area contributed by atoms with Crippen molar-refractivity contribution < 1.29 is 4.39 Å². The maximum atomic E-state index is 15.0. The van der Waals surface area contributed by atoms with E-state index in [9.17, 15) is 5.26 Å². The van der Waals surface area contributed by atoms with Crippen LogP contribution in [0.5, 0.6) is 0 Å². The minimum atomic E-state index is -0.277. The van der Waals surface area contributed by atoms with E-state index in [1.54, 1.807) is 6.07 Å². The van der Waals surface area contributed by atoms with Gasteiger partial charge in [0.05, 0.1) is 11.6 Å². The number of hydrogen-bond acceptors (Lipinski definition) is 1. The van der Waals surface area contributed by atoms with Crippen molar-refractivity contribution in [2.75, 3.05) is 0 Å². The Morgan fingerprint density at radius 1 is 0.677 bits per heavy atom. The number of rotatable bonds is 5. The Morgan fingerprint density at radius 3 is 1.68 bits per heavy atom. The quantitative estimate of drug-likeness (QED) is 0.476. The second kappa shape index (κ2) is 8.42. The summed E-state index contributed by atoms with van der Waals surface area (Å²) in [6.07, 6.45) is 1.76. The summed E-state index contributed by atoms with van der Waals surface area (Å²) < 4.78 is 15.0. The fourth-order valence-corrected chi connectivity index (χ4v) is 4.15. The van der Waals surface area contributed by atoms with Gasteiger partial charge in [-0.3, -0.25) is 0 Å². The molecule has 0 heterocycles. The van der Waals surface area contributed by atoms with Crippen LogP contribution in [0.15, 0.2) is 36.4 Å². The van der Waals surface area contributed by atoms with E-state index in [1.807, 2.05) is 12.1 Å². The molecular formula is C29H40FN. The molecule has 0 fully saturated rings. The lowest BCUT2D eigenvalue weighted by Crippen LogP contribution is -2.26. The number of benzene rings is 2. The molecule has 0 saturated heterocycles. The summed E-state index contributed by atoms with van der Waals surface area (Å²) in [5.74, 6) is -0.114. The highest BCUT2D eigenvalue weighted by Crippen LogP contribution is 2.39. The Morgan fingerprint density at radius 2 is 1.19 bits per heavy atom. The molecule has 0 aliphatic carbocycles. The minimum Gasteiger partial charge on any atom is -0.207 e. The largest absolute Gasteiger partial charge is 0.207 e. The summed E-state index contributed by atoms with van der Waals surface area (Å²) in [5.41, 5.74) is 4.27. The SMILES string of the molecule is CC(C)(C)c1ccc(C(C)(C)CCC(C)(C)c2ccc(C(C)(C)C)c(C#N)c2)c(F)c1. The van der Waals surface area contributed by atoms with Crippen LogP contribution in [0, 0.1) is 17.1 Å². The Balaban J connectivity index is 2.28. The third-order valence-electron chi connectivity index (χ3n) is 6.67. The molecule has 0 aromatic heterocycles. The lowest BCUT2D eigenvalue weighted by Gasteiger charge is -2.33. The molecule has 0 radical (unpaired) electrons. The van der Waals surface area contributed by atoms with Crippen LogP contribution in [-0.4, -0.2) is 0 Å². The van der Waals surface area contributed by atoms with Crippen LogP contribution in [0.2, 0.25) is 0 Å². The fraction of sp³-hybridized carbons (Fsp3) is 0.552. The van der Waals surface area contributed by atoms with E-state index in [0.717, 1.165) is 40.7 Å². The highest BCUT2D eigenvalue weighted by Gasteiger charge is 2.30. The Bertz CT molecular complexity index is 975. The Kier molecular flexibility index (Phi) is 6.82. The van der Waals surface area contributed by atoms with Gasteiger partial charge in [-0.25, -0.2) is 4.39 Å². The van der Waals surface area contributed by atoms with Crippen molar-refractivity contribution in [2.45, 2.75) is 104 Å². The Hall–Kier alpha value is -2.14. The van der Waals surface area contributed by atoms with Gasteiger partial charge in [-0.15, -0.1) is 0 Å². The molecule has 0 N–H and O–H groups in total. The number of halogens is 1. The first kappa shape index (κ1) is 25.1. The lowest BCUT2D eigenvalue weighted by atomic mass is 9.71. The average Bonchev–Trinajstić information content (AvgIpc) is 2.64. The van der Waals surface area contributed by atoms with Crippen molar-refractivity contribution >= 4 is 0 Å². The molecule has 0 spiro atoms. The van der Waals surface area contributed by atoms with Crippen LogP contribution in [-0.2, 0) is 21.7 Å². The molecule has 0 saturated carbocycles. The van der Waals surface area contributed by atoms with Crippen molar-refractivity contribution in [3.05, 3.63) is 70.0 Å². The number of nitrogens with zero attached hydrogens (tertiary/aromatic N) is 1. The first-order valence-electron chi connectivity index (χ1n) is 11.3. The average molecular weight is 422 g/mol. The molecule has 0 unspecified atom stereocenters. The van der Waals surface area contributed by atoms with Crippen molar-refractivity contribution in [1.82, 2.24) is 0 Å². The normalized spacial score (nSPS) is 13.2. The van der Waals surface area contributed by atoms with Crippen LogP contribution in [0.1, 0.15) is 110 Å². The van der Waals surface area contributed by atoms with Crippen molar-refractivity contribution in [3.8, 4) is 6.07 Å². The fourth-order valence-electron chi connectivity index (χ4n) is 4.15. The van der Waals surface area contributed by atoms with E-state index in [1.165, 1.54) is 0 Å². The first-order chi connectivity index (χ1) is 14.0. The summed E-state index contributed by atoms with van der Waals surface area (Å²) in [6, 6.07) is 14.4. The zero-order chi connectivity index (χ0) is 23.8. The monoisotopic (exact) mass is 421 g/mol. The first-order valence-corrected chi connectivity index (χ1v) is 11.3. The molecule has 2 aromatic carbocycles. The van der Waals surface area contributed by atoms with E-state index in [0.29, 0.717) is 0 Å². The topological polar surface area (TPSA) is 23.8 Å². The third-order valence-corrected chi connectivity index (χ3v) is 6.67. The zero-order valence-corrected chi connectivity index (χ0v) is 21.2. The predicted octanol–water partition coefficient (Wildman–Crippen LogP) is 8.33. The highest BCUT2D eigenvalue weighted by molar-refractivity contribution is 5.46. The summed E-state index contributed by atoms with van der Waals surface area (Å²) in [5, 5.41) is 9.70. The molecule has 31 heavy (non-hydrogen) atoms. The Labute approximate surface area is 189 Å². The summed E-state index contributed by atoms with van der Waals surface area (Å²) in [6.45, 7) is 21.4. The standard InChI is InChI=1S/C29H40FN/c1-26(2,3)21-11-14-24(25(30)18-21)29(9,10)16-15-28(7,8)22-12-13-23(27(4,5)6)20(17-22)19-31/h11-14,17-18H,15-16H2,1-10H3. The van der Waals surface area contributed by atoms with Crippen molar-refractivity contribution in [2.24, 2.45) is 0 Å². The van der Waals surface area contributed by atoms with Crippen LogP contribution < -0.4 is 0 Å². The van der Waals surface area contributed by atoms with Gasteiger partial charge in [0.15, 0.2) is 0 Å². The summed E-state index contributed by atoms with van der Waals surface area (Å²) >= 11 is 0. The van der Waals surface area contributed by atoms with Crippen molar-refractivity contribution in [1.29, 1.82) is 5.26 Å². The molecule has 0 amide bonds. The second-order valence-corrected chi connectivity index (χ2v) is 12.3. The van der Waals surface area contributed by atoms with E-state index >= 15 is 4.39 Å². The molecular weight excluding hydrogens is 381 g/mol. The third kappa shape index (κ3) is 5.76. The van der Waals surface area contributed by atoms with E-state index < -0.39 is 0 Å².